The van der Waals surface area contributed by atoms with Gasteiger partial charge in [-0.15, -0.1) is 15.3 Å². The van der Waals surface area contributed by atoms with Crippen LogP contribution in [0.3, 0.4) is 0 Å². The van der Waals surface area contributed by atoms with E-state index < -0.39 is 23.4 Å². The van der Waals surface area contributed by atoms with E-state index in [1.54, 1.807) is 60.7 Å². The van der Waals surface area contributed by atoms with E-state index in [1.807, 2.05) is 18.5 Å². The zero-order valence-electron chi connectivity index (χ0n) is 28.0. The number of pyridine rings is 2. The monoisotopic (exact) mass is 722 g/mol. The fraction of sp³-hybridized carbons (Fsp3) is 0.0968. The van der Waals surface area contributed by atoms with E-state index >= 15 is 0 Å². The molecule has 2 amide bonds. The molecule has 0 spiro atoms. The molecule has 0 aliphatic carbocycles. The molecule has 0 saturated carbocycles. The number of nitrogens with two attached hydrogens (primary N) is 2. The predicted octanol–water partition coefficient (Wildman–Crippen LogP) is 2.02. The number of amides is 2. The molecule has 1 aliphatic heterocycles. The van der Waals surface area contributed by atoms with Crippen LogP contribution in [0.25, 0.3) is 22.6 Å². The zero-order valence-corrected chi connectivity index (χ0v) is 28.0. The Hall–Kier alpha value is -7.62. The highest BCUT2D eigenvalue weighted by molar-refractivity contribution is 6.13. The third-order valence-electron chi connectivity index (χ3n) is 7.83. The fourth-order valence-corrected chi connectivity index (χ4v) is 5.46. The Labute approximate surface area is 296 Å². The number of hydrazine groups is 2. The summed E-state index contributed by atoms with van der Waals surface area (Å²) < 4.78 is 30.7. The minimum Gasteiger partial charge on any atom is -0.381 e. The van der Waals surface area contributed by atoms with Crippen molar-refractivity contribution in [2.45, 2.75) is 6.92 Å². The number of fused-ring (bicyclic) bond motifs is 2. The van der Waals surface area contributed by atoms with E-state index in [0.29, 0.717) is 17.1 Å². The number of nitrogens with zero attached hydrogens (tertiary/aromatic N) is 13. The lowest BCUT2D eigenvalue weighted by molar-refractivity contribution is 0.102. The molecule has 7 N–H and O–H groups in total. The summed E-state index contributed by atoms with van der Waals surface area (Å²) in [5.41, 5.74) is 18.8. The third-order valence-corrected chi connectivity index (χ3v) is 7.83. The maximum Gasteiger partial charge on any atom is 0.263 e. The molecule has 0 atom stereocenters. The number of hydrazone groups is 1. The average molecular weight is 723 g/mol. The van der Waals surface area contributed by atoms with Crippen LogP contribution in [0.15, 0.2) is 73.3 Å². The van der Waals surface area contributed by atoms with Crippen LogP contribution < -0.4 is 32.6 Å². The van der Waals surface area contributed by atoms with Gasteiger partial charge in [0, 0.05) is 32.1 Å². The summed E-state index contributed by atoms with van der Waals surface area (Å²) in [6.45, 7) is 1.89. The van der Waals surface area contributed by atoms with E-state index in [-0.39, 0.29) is 34.1 Å². The lowest BCUT2D eigenvalue weighted by atomic mass is 10.1. The molecule has 268 valence electrons. The highest BCUT2D eigenvalue weighted by Crippen LogP contribution is 2.31. The van der Waals surface area contributed by atoms with E-state index in [0.717, 1.165) is 50.6 Å². The highest BCUT2D eigenvalue weighted by Gasteiger charge is 2.24. The van der Waals surface area contributed by atoms with E-state index in [1.165, 1.54) is 6.20 Å². The van der Waals surface area contributed by atoms with Crippen LogP contribution in [0.2, 0.25) is 0 Å². The quantitative estimate of drug-likeness (QED) is 0.165. The molecule has 0 aromatic carbocycles. The van der Waals surface area contributed by atoms with Crippen molar-refractivity contribution in [3.63, 3.8) is 0 Å². The maximum atomic E-state index is 13.3. The number of imidazole rings is 1. The Morgan fingerprint density at radius 2 is 1.40 bits per heavy atom. The number of carbonyl (C=O) groups is 2. The molecule has 0 radical (unpaired) electrons. The van der Waals surface area contributed by atoms with Crippen LogP contribution in [-0.2, 0) is 7.05 Å². The Kier molecular flexibility index (Phi) is 8.68. The topological polar surface area (TPSA) is 245 Å². The van der Waals surface area contributed by atoms with Gasteiger partial charge in [0.1, 0.15) is 17.5 Å². The number of anilines is 5. The van der Waals surface area contributed by atoms with Crippen LogP contribution >= 0.6 is 0 Å². The minimum absolute atomic E-state index is 0.0429. The molecule has 7 aromatic rings. The van der Waals surface area contributed by atoms with Crippen molar-refractivity contribution in [3.8, 4) is 11.3 Å². The van der Waals surface area contributed by atoms with Crippen molar-refractivity contribution in [3.05, 3.63) is 96.5 Å². The number of hydrogen-bond donors (Lipinski definition) is 5. The number of halogens is 2. The van der Waals surface area contributed by atoms with Gasteiger partial charge in [-0.05, 0) is 18.6 Å². The molecule has 1 aliphatic rings. The molecule has 7 aromatic heterocycles. The zero-order chi connectivity index (χ0) is 37.4. The number of carbonyl (C=O) groups excluding carboxylic acids is 2. The van der Waals surface area contributed by atoms with Crippen molar-refractivity contribution in [2.24, 2.45) is 12.1 Å². The first kappa shape index (κ1) is 33.9. The van der Waals surface area contributed by atoms with E-state index in [9.17, 15) is 18.4 Å². The SMILES string of the molecule is CN1NN=CN1c1ccncc1NC(=O)c1c(N)nn2cc(F)cnc12.Cc1cncc(NC(=O)c2c(N)nn3cc(F)cnc23)c1-c1cncn1C. The minimum atomic E-state index is -0.592. The highest BCUT2D eigenvalue weighted by atomic mass is 19.1. The lowest BCUT2D eigenvalue weighted by Gasteiger charge is -2.24. The largest absolute Gasteiger partial charge is 0.381 e. The van der Waals surface area contributed by atoms with Crippen LogP contribution in [0.5, 0.6) is 0 Å². The summed E-state index contributed by atoms with van der Waals surface area (Å²) in [5, 5.41) is 20.6. The lowest BCUT2D eigenvalue weighted by Crippen LogP contribution is -2.40. The molecule has 0 unspecified atom stereocenters. The van der Waals surface area contributed by atoms with Crippen molar-refractivity contribution in [1.29, 1.82) is 0 Å². The molecule has 0 fully saturated rings. The van der Waals surface area contributed by atoms with Gasteiger partial charge in [-0.2, -0.15) is 5.10 Å². The van der Waals surface area contributed by atoms with Crippen LogP contribution in [0.1, 0.15) is 26.3 Å². The first-order valence-electron chi connectivity index (χ1n) is 15.4. The number of nitrogen functional groups attached to an aromatic ring is 2. The first-order chi connectivity index (χ1) is 25.5. The molecule has 0 bridgehead atoms. The van der Waals surface area contributed by atoms with Gasteiger partial charge < -0.3 is 26.7 Å². The summed E-state index contributed by atoms with van der Waals surface area (Å²) in [6.07, 6.45) is 15.4. The molecule has 0 saturated heterocycles. The van der Waals surface area contributed by atoms with Gasteiger partial charge in [0.05, 0.1) is 72.5 Å². The molecule has 53 heavy (non-hydrogen) atoms. The van der Waals surface area contributed by atoms with Gasteiger partial charge in [-0.1, -0.05) is 0 Å². The van der Waals surface area contributed by atoms with Crippen LogP contribution in [0.4, 0.5) is 37.5 Å². The number of aromatic nitrogens is 10. The van der Waals surface area contributed by atoms with Gasteiger partial charge in [0.2, 0.25) is 0 Å². The molecule has 8 rings (SSSR count). The molecule has 8 heterocycles. The molecule has 20 nitrogen and oxygen atoms in total. The summed E-state index contributed by atoms with van der Waals surface area (Å²) in [6, 6.07) is 1.71. The summed E-state index contributed by atoms with van der Waals surface area (Å²) in [5.74, 6) is -2.35. The Bertz CT molecular complexity index is 2560. The van der Waals surface area contributed by atoms with Crippen LogP contribution in [-0.4, -0.2) is 79.0 Å². The van der Waals surface area contributed by atoms with Crippen molar-refractivity contribution in [1.82, 2.24) is 59.4 Å². The second kappa shape index (κ2) is 13.6. The Balaban J connectivity index is 0.000000164. The number of aryl methyl sites for hydroxylation is 2. The van der Waals surface area contributed by atoms with Crippen molar-refractivity contribution >= 4 is 58.1 Å². The summed E-state index contributed by atoms with van der Waals surface area (Å²) in [4.78, 5) is 45.8. The number of hydrogen-bond acceptors (Lipinski definition) is 15. The number of nitrogens with one attached hydrogen (secondary N) is 3. The van der Waals surface area contributed by atoms with E-state index in [2.05, 4.69) is 56.4 Å². The van der Waals surface area contributed by atoms with Gasteiger partial charge in [-0.25, -0.2) is 43.3 Å². The second-order valence-corrected chi connectivity index (χ2v) is 11.4. The Morgan fingerprint density at radius 3 is 1.96 bits per heavy atom. The third kappa shape index (κ3) is 6.43. The van der Waals surface area contributed by atoms with Crippen molar-refractivity contribution < 1.29 is 18.4 Å². The Morgan fingerprint density at radius 1 is 0.792 bits per heavy atom. The first-order valence-corrected chi connectivity index (χ1v) is 15.4. The fourth-order valence-electron chi connectivity index (χ4n) is 5.46. The predicted molar refractivity (Wildman–Crippen MR) is 188 cm³/mol. The summed E-state index contributed by atoms with van der Waals surface area (Å²) >= 11 is 0. The molecular formula is C31H28F2N18O2. The second-order valence-electron chi connectivity index (χ2n) is 11.4. The standard InChI is InChI=1S/C17H15FN8O.C14H13FN10O/c1-9-3-20-5-11(13(9)12-6-21-8-25(12)2)23-17(27)14-15(19)24-26-7-10(18)4-22-16(14)26;1-23-22-19-7-25(23)10-2-3-17-5-9(10)20-14(26)11-12(16)21-24-6-8(15)4-18-13(11)24/h3-8H,1-2H3,(H2,19,24)(H,23,27);2-7,22H,1H3,(H2,16,21)(H,20,26). The molecular weight excluding hydrogens is 694 g/mol. The summed E-state index contributed by atoms with van der Waals surface area (Å²) in [7, 11) is 3.61. The van der Waals surface area contributed by atoms with E-state index in [4.69, 9.17) is 11.5 Å². The smallest absolute Gasteiger partial charge is 0.263 e. The average Bonchev–Trinajstić information content (AvgIpc) is 3.89. The van der Waals surface area contributed by atoms with Gasteiger partial charge >= 0.3 is 0 Å². The number of rotatable bonds is 6. The van der Waals surface area contributed by atoms with Gasteiger partial charge in [0.25, 0.3) is 11.8 Å². The van der Waals surface area contributed by atoms with Gasteiger partial charge in [0.15, 0.2) is 34.6 Å². The normalized spacial score (nSPS) is 12.5. The van der Waals surface area contributed by atoms with Crippen LogP contribution in [0, 0.1) is 18.6 Å². The maximum absolute atomic E-state index is 13.3. The van der Waals surface area contributed by atoms with Gasteiger partial charge in [-0.3, -0.25) is 19.6 Å². The molecule has 22 heteroatoms. The van der Waals surface area contributed by atoms with Crippen molar-refractivity contribution in [2.75, 3.05) is 34.2 Å².